The average Bonchev–Trinajstić information content (AvgIpc) is 3.16. The monoisotopic (exact) mass is 618 g/mol. The summed E-state index contributed by atoms with van der Waals surface area (Å²) in [6.07, 6.45) is 0. The molecule has 0 radical (unpaired) electrons. The van der Waals surface area contributed by atoms with Gasteiger partial charge in [-0.25, -0.2) is 0 Å². The second-order valence-electron chi connectivity index (χ2n) is 13.2. The van der Waals surface area contributed by atoms with Crippen LogP contribution in [0.3, 0.4) is 0 Å². The molecule has 0 N–H and O–H groups in total. The topological polar surface area (TPSA) is 0 Å². The van der Waals surface area contributed by atoms with Crippen LogP contribution in [0.1, 0.15) is 33.4 Å². The van der Waals surface area contributed by atoms with Crippen LogP contribution in [-0.2, 0) is 0 Å². The Bertz CT molecular complexity index is 2020. The van der Waals surface area contributed by atoms with E-state index in [4.69, 9.17) is 0 Å². The summed E-state index contributed by atoms with van der Waals surface area (Å²) in [5.74, 6) is 0. The van der Waals surface area contributed by atoms with Crippen molar-refractivity contribution >= 4 is 64.6 Å². The van der Waals surface area contributed by atoms with Crippen LogP contribution < -0.4 is 0 Å². The maximum atomic E-state index is 2.25. The molecule has 0 atom stereocenters. The van der Waals surface area contributed by atoms with E-state index in [1.807, 2.05) is 0 Å². The van der Waals surface area contributed by atoms with Crippen LogP contribution in [0.5, 0.6) is 0 Å². The highest BCUT2D eigenvalue weighted by molar-refractivity contribution is 5.89. The Balaban J connectivity index is 1.46. The molecular formula is C48H42. The first-order valence-corrected chi connectivity index (χ1v) is 16.9. The van der Waals surface area contributed by atoms with Crippen molar-refractivity contribution in [2.75, 3.05) is 0 Å². The Kier molecular flexibility index (Phi) is 8.42. The van der Waals surface area contributed by atoms with Crippen LogP contribution in [-0.4, -0.2) is 0 Å². The molecule has 0 aliphatic heterocycles. The second-order valence-corrected chi connectivity index (χ2v) is 13.2. The fourth-order valence-electron chi connectivity index (χ4n) is 6.78. The Morgan fingerprint density at radius 1 is 0.146 bits per heavy atom. The first kappa shape index (κ1) is 31.2. The van der Waals surface area contributed by atoms with Gasteiger partial charge in [-0.15, -0.1) is 0 Å². The predicted octanol–water partition coefficient (Wildman–Crippen LogP) is 13.8. The highest BCUT2D eigenvalue weighted by Gasteiger charge is 2.01. The van der Waals surface area contributed by atoms with Crippen molar-refractivity contribution in [3.63, 3.8) is 0 Å². The van der Waals surface area contributed by atoms with E-state index in [1.165, 1.54) is 98.0 Å². The molecule has 0 heterocycles. The predicted molar refractivity (Wildman–Crippen MR) is 213 cm³/mol. The van der Waals surface area contributed by atoms with Gasteiger partial charge in [0.2, 0.25) is 0 Å². The van der Waals surface area contributed by atoms with Gasteiger partial charge in [0.25, 0.3) is 0 Å². The van der Waals surface area contributed by atoms with Gasteiger partial charge < -0.3 is 0 Å². The summed E-state index contributed by atoms with van der Waals surface area (Å²) in [5.41, 5.74) is 7.78. The molecule has 0 unspecified atom stereocenters. The van der Waals surface area contributed by atoms with Gasteiger partial charge in [0.1, 0.15) is 0 Å². The molecule has 16 aromatic carbocycles. The van der Waals surface area contributed by atoms with Gasteiger partial charge in [0, 0.05) is 0 Å². The molecule has 0 aliphatic carbocycles. The largest absolute Gasteiger partial charge is 0.0541 e. The number of hydrogen-bond acceptors (Lipinski definition) is 0. The number of benzene rings is 6. The molecule has 234 valence electrons. The maximum Gasteiger partial charge on any atom is -0.0184 e. The summed E-state index contributed by atoms with van der Waals surface area (Å²) in [7, 11) is 0. The van der Waals surface area contributed by atoms with Crippen molar-refractivity contribution < 1.29 is 0 Å². The van der Waals surface area contributed by atoms with Gasteiger partial charge >= 0.3 is 0 Å². The lowest BCUT2D eigenvalue weighted by atomic mass is 10.0. The third kappa shape index (κ3) is 6.03. The zero-order valence-electron chi connectivity index (χ0n) is 28.9. The SMILES string of the molecule is Cc1c(C)c2ccc(cc2)c2ccc(cc2)c(C)c(C)c2ccc(cc2)c2ccc(cc2)c(C)c(C)c2ccc(cc2)c2ccc1cc2. The zero-order chi connectivity index (χ0) is 33.4. The van der Waals surface area contributed by atoms with E-state index in [-0.39, 0.29) is 0 Å². The number of hydrogen-bond donors (Lipinski definition) is 0. The van der Waals surface area contributed by atoms with E-state index < -0.39 is 0 Å². The van der Waals surface area contributed by atoms with Crippen LogP contribution in [0.25, 0.3) is 64.6 Å². The normalized spacial score (nSPS) is 11.1. The molecule has 0 spiro atoms. The van der Waals surface area contributed by atoms with Crippen molar-refractivity contribution in [3.05, 3.63) is 179 Å². The highest BCUT2D eigenvalue weighted by Crippen LogP contribution is 2.25. The van der Waals surface area contributed by atoms with Crippen molar-refractivity contribution in [2.45, 2.75) is 41.5 Å². The van der Waals surface area contributed by atoms with E-state index >= 15 is 0 Å². The average molecular weight is 619 g/mol. The molecule has 0 amide bonds. The molecule has 0 saturated heterocycles. The summed E-state index contributed by atoms with van der Waals surface area (Å²) < 4.78 is 0. The molecule has 12 bridgehead atoms. The van der Waals surface area contributed by atoms with Crippen molar-refractivity contribution in [3.8, 4) is 0 Å². The van der Waals surface area contributed by atoms with Gasteiger partial charge in [0.15, 0.2) is 0 Å². The van der Waals surface area contributed by atoms with Crippen LogP contribution in [0.4, 0.5) is 0 Å². The third-order valence-corrected chi connectivity index (χ3v) is 10.6. The molecule has 0 nitrogen and oxygen atoms in total. The van der Waals surface area contributed by atoms with Crippen LogP contribution in [0.15, 0.2) is 146 Å². The molecule has 0 fully saturated rings. The zero-order valence-corrected chi connectivity index (χ0v) is 28.9. The van der Waals surface area contributed by atoms with E-state index in [0.29, 0.717) is 0 Å². The highest BCUT2D eigenvalue weighted by atomic mass is 14.1. The van der Waals surface area contributed by atoms with Crippen molar-refractivity contribution in [2.24, 2.45) is 0 Å². The lowest BCUT2D eigenvalue weighted by Gasteiger charge is -2.05. The quantitative estimate of drug-likeness (QED) is 0.159. The summed E-state index contributed by atoms with van der Waals surface area (Å²) in [4.78, 5) is 0. The third-order valence-electron chi connectivity index (χ3n) is 10.6. The molecule has 16 rings (SSSR count). The summed E-state index contributed by atoms with van der Waals surface area (Å²) in [5, 5.41) is 14.9. The van der Waals surface area contributed by atoms with E-state index in [0.717, 1.165) is 0 Å². The molecule has 0 heteroatoms. The summed E-state index contributed by atoms with van der Waals surface area (Å²) in [6, 6.07) is 54.0. The number of rotatable bonds is 0. The first-order chi connectivity index (χ1) is 23.3. The molecule has 0 aliphatic rings. The summed E-state index contributed by atoms with van der Waals surface area (Å²) in [6.45, 7) is 13.4. The Morgan fingerprint density at radius 3 is 0.333 bits per heavy atom. The number of aryl methyl sites for hydroxylation is 6. The van der Waals surface area contributed by atoms with Crippen LogP contribution >= 0.6 is 0 Å². The molecule has 48 heavy (non-hydrogen) atoms. The van der Waals surface area contributed by atoms with Crippen molar-refractivity contribution in [1.29, 1.82) is 0 Å². The van der Waals surface area contributed by atoms with E-state index in [9.17, 15) is 0 Å². The molecule has 0 saturated carbocycles. The van der Waals surface area contributed by atoms with Gasteiger partial charge in [0.05, 0.1) is 0 Å². The minimum Gasteiger partial charge on any atom is -0.0541 e. The van der Waals surface area contributed by atoms with E-state index in [2.05, 4.69) is 187 Å². The minimum atomic E-state index is 1.23. The fraction of sp³-hybridized carbons (Fsp3) is 0.125. The molecule has 16 aromatic rings. The lowest BCUT2D eigenvalue weighted by Crippen LogP contribution is -1.82. The Hall–Kier alpha value is -5.46. The summed E-state index contributed by atoms with van der Waals surface area (Å²) >= 11 is 0. The smallest absolute Gasteiger partial charge is 0.0184 e. The molecular weight excluding hydrogens is 577 g/mol. The van der Waals surface area contributed by atoms with Gasteiger partial charge in [-0.2, -0.15) is 0 Å². The maximum absolute atomic E-state index is 2.25. The standard InChI is InChI=1S/C48H42/c1-31-32(2)38-9-21-44(22-10-38)46-25-13-40(14-26-46)35(5)36(6)42-17-29-48(30-18-42)47-27-15-41(16-28-47)34(4)33(3)39-11-23-45(24-12-39)43-19-7-37(31)8-20-43/h7-30H,1-6H3. The Labute approximate surface area is 284 Å². The second kappa shape index (κ2) is 13.0. The Morgan fingerprint density at radius 2 is 0.229 bits per heavy atom. The molecule has 0 aromatic heterocycles. The fourth-order valence-corrected chi connectivity index (χ4v) is 6.78. The van der Waals surface area contributed by atoms with Gasteiger partial charge in [-0.1, -0.05) is 146 Å². The minimum absolute atomic E-state index is 1.23. The van der Waals surface area contributed by atoms with Crippen LogP contribution in [0.2, 0.25) is 0 Å². The lowest BCUT2D eigenvalue weighted by molar-refractivity contribution is 1.41. The van der Waals surface area contributed by atoms with Crippen molar-refractivity contribution in [1.82, 2.24) is 0 Å². The first-order valence-electron chi connectivity index (χ1n) is 16.9. The van der Waals surface area contributed by atoms with Crippen LogP contribution in [0, 0.1) is 41.5 Å². The van der Waals surface area contributed by atoms with Gasteiger partial charge in [-0.05, 0) is 140 Å². The van der Waals surface area contributed by atoms with E-state index in [1.54, 1.807) is 0 Å². The van der Waals surface area contributed by atoms with Gasteiger partial charge in [-0.3, -0.25) is 0 Å².